The van der Waals surface area contributed by atoms with Gasteiger partial charge in [0.2, 0.25) is 0 Å². The molecule has 2 heterocycles. The van der Waals surface area contributed by atoms with Crippen LogP contribution in [0.4, 0.5) is 0 Å². The van der Waals surface area contributed by atoms with Crippen molar-refractivity contribution in [2.24, 2.45) is 0 Å². The Bertz CT molecular complexity index is 716. The molecule has 0 radical (unpaired) electrons. The Morgan fingerprint density at radius 2 is 1.67 bits per heavy atom. The smallest absolute Gasteiger partial charge is 0.192 e. The molecule has 12 heteroatoms. The molecule has 0 amide bonds. The Kier molecular flexibility index (Phi) is 7.14. The molecule has 170 valence electrons. The van der Waals surface area contributed by atoms with E-state index in [2.05, 4.69) is 0 Å². The number of phenolic OH excluding ortho intramolecular Hbond substituents is 2. The van der Waals surface area contributed by atoms with Crippen molar-refractivity contribution in [2.45, 2.75) is 55.3 Å². The van der Waals surface area contributed by atoms with E-state index in [1.54, 1.807) is 6.07 Å². The Morgan fingerprint density at radius 3 is 2.30 bits per heavy atom. The van der Waals surface area contributed by atoms with Crippen LogP contribution < -0.4 is 0 Å². The third-order valence-corrected chi connectivity index (χ3v) is 5.09. The first-order chi connectivity index (χ1) is 14.2. The first kappa shape index (κ1) is 23.1. The maximum atomic E-state index is 10.1. The molecule has 0 unspecified atom stereocenters. The summed E-state index contributed by atoms with van der Waals surface area (Å²) in [6.07, 6.45) is -10.9. The van der Waals surface area contributed by atoms with Crippen LogP contribution in [0.1, 0.15) is 5.56 Å². The molecule has 1 aromatic carbocycles. The molecule has 30 heavy (non-hydrogen) atoms. The van der Waals surface area contributed by atoms with E-state index in [0.717, 1.165) is 0 Å². The average Bonchev–Trinajstić information content (AvgIpc) is 3.01. The standard InChI is InChI=1S/C18H26O12/c19-6-18(26)7-28-17(14(18)25)30-16-13(24)11(22)12(23)15(29-16)27-4-3-8-1-2-9(20)10(21)5-8/h1-2,5,11-17,19-26H,3-4,6-7H2/t11-,12-,13+,14+,15-,16-,17+,18-/m1/s1. The number of phenols is 2. The van der Waals surface area contributed by atoms with E-state index in [4.69, 9.17) is 24.1 Å². The van der Waals surface area contributed by atoms with Crippen LogP contribution in [0.2, 0.25) is 0 Å². The molecule has 2 aliphatic heterocycles. The molecular formula is C18H26O12. The third-order valence-electron chi connectivity index (χ3n) is 5.09. The molecular weight excluding hydrogens is 408 g/mol. The van der Waals surface area contributed by atoms with Crippen molar-refractivity contribution in [3.63, 3.8) is 0 Å². The highest BCUT2D eigenvalue weighted by Crippen LogP contribution is 2.30. The van der Waals surface area contributed by atoms with Gasteiger partial charge in [0.05, 0.1) is 19.8 Å². The van der Waals surface area contributed by atoms with Gasteiger partial charge in [-0.2, -0.15) is 0 Å². The summed E-state index contributed by atoms with van der Waals surface area (Å²) in [5, 5.41) is 78.3. The monoisotopic (exact) mass is 434 g/mol. The predicted molar refractivity (Wildman–Crippen MR) is 95.0 cm³/mol. The summed E-state index contributed by atoms with van der Waals surface area (Å²) in [5.74, 6) is -0.571. The highest BCUT2D eigenvalue weighted by Gasteiger charge is 2.52. The van der Waals surface area contributed by atoms with Crippen molar-refractivity contribution in [2.75, 3.05) is 19.8 Å². The Labute approximate surface area is 171 Å². The number of ether oxygens (including phenoxy) is 4. The van der Waals surface area contributed by atoms with E-state index in [9.17, 15) is 35.7 Å². The number of aliphatic hydroxyl groups excluding tert-OH is 5. The minimum atomic E-state index is -1.95. The van der Waals surface area contributed by atoms with Crippen molar-refractivity contribution in [1.82, 2.24) is 0 Å². The molecule has 2 saturated heterocycles. The molecule has 8 atom stereocenters. The number of aliphatic hydroxyl groups is 6. The van der Waals surface area contributed by atoms with E-state index < -0.39 is 62.1 Å². The molecule has 3 rings (SSSR count). The number of aromatic hydroxyl groups is 2. The van der Waals surface area contributed by atoms with Crippen LogP contribution in [0.5, 0.6) is 11.5 Å². The van der Waals surface area contributed by atoms with Gasteiger partial charge in [0, 0.05) is 0 Å². The van der Waals surface area contributed by atoms with Crippen molar-refractivity contribution in [3.05, 3.63) is 23.8 Å². The second kappa shape index (κ2) is 9.28. The van der Waals surface area contributed by atoms with Crippen molar-refractivity contribution >= 4 is 0 Å². The Balaban J connectivity index is 1.58. The minimum absolute atomic E-state index is 0.0195. The van der Waals surface area contributed by atoms with Gasteiger partial charge in [0.25, 0.3) is 0 Å². The fourth-order valence-electron chi connectivity index (χ4n) is 3.13. The van der Waals surface area contributed by atoms with Gasteiger partial charge in [0.1, 0.15) is 30.0 Å². The fraction of sp³-hybridized carbons (Fsp3) is 0.667. The van der Waals surface area contributed by atoms with Crippen LogP contribution in [0.15, 0.2) is 18.2 Å². The van der Waals surface area contributed by atoms with Crippen molar-refractivity contribution in [1.29, 1.82) is 0 Å². The molecule has 0 bridgehead atoms. The van der Waals surface area contributed by atoms with E-state index in [1.165, 1.54) is 12.1 Å². The summed E-state index contributed by atoms with van der Waals surface area (Å²) in [4.78, 5) is 0. The van der Waals surface area contributed by atoms with Gasteiger partial charge in [-0.1, -0.05) is 6.07 Å². The van der Waals surface area contributed by atoms with Crippen LogP contribution >= 0.6 is 0 Å². The Morgan fingerprint density at radius 1 is 0.967 bits per heavy atom. The first-order valence-electron chi connectivity index (χ1n) is 9.27. The van der Waals surface area contributed by atoms with Gasteiger partial charge in [-0.3, -0.25) is 0 Å². The lowest BCUT2D eigenvalue weighted by atomic mass is 10.0. The normalized spacial score (nSPS) is 39.3. The maximum Gasteiger partial charge on any atom is 0.192 e. The molecule has 8 N–H and O–H groups in total. The number of benzene rings is 1. The quantitative estimate of drug-likeness (QED) is 0.201. The lowest BCUT2D eigenvalue weighted by Crippen LogP contribution is -2.60. The zero-order valence-corrected chi connectivity index (χ0v) is 15.8. The SMILES string of the molecule is OC[C@@]1(O)CO[C@@H](O[C@H]2O[C@@H](OCCc3ccc(O)c(O)c3)[C@H](O)[C@@H](O)[C@@H]2O)[C@@H]1O. The zero-order chi connectivity index (χ0) is 22.1. The summed E-state index contributed by atoms with van der Waals surface area (Å²) >= 11 is 0. The van der Waals surface area contributed by atoms with Gasteiger partial charge >= 0.3 is 0 Å². The largest absolute Gasteiger partial charge is 0.504 e. The molecule has 1 aromatic rings. The highest BCUT2D eigenvalue weighted by atomic mass is 16.8. The van der Waals surface area contributed by atoms with Crippen LogP contribution in [0, 0.1) is 0 Å². The lowest BCUT2D eigenvalue weighted by molar-refractivity contribution is -0.375. The fourth-order valence-corrected chi connectivity index (χ4v) is 3.13. The first-order valence-corrected chi connectivity index (χ1v) is 9.27. The average molecular weight is 434 g/mol. The van der Waals surface area contributed by atoms with Crippen molar-refractivity contribution in [3.8, 4) is 11.5 Å². The molecule has 12 nitrogen and oxygen atoms in total. The van der Waals surface area contributed by atoms with Gasteiger partial charge < -0.3 is 59.8 Å². The van der Waals surface area contributed by atoms with Gasteiger partial charge in [-0.05, 0) is 24.1 Å². The van der Waals surface area contributed by atoms with Gasteiger partial charge in [0.15, 0.2) is 30.4 Å². The summed E-state index contributed by atoms with van der Waals surface area (Å²) < 4.78 is 21.1. The van der Waals surface area contributed by atoms with Crippen LogP contribution in [0.25, 0.3) is 0 Å². The Hall–Kier alpha value is -1.58. The minimum Gasteiger partial charge on any atom is -0.504 e. The summed E-state index contributed by atoms with van der Waals surface area (Å²) in [6.45, 7) is -1.24. The highest BCUT2D eigenvalue weighted by molar-refractivity contribution is 5.40. The van der Waals surface area contributed by atoms with E-state index in [1.807, 2.05) is 0 Å². The maximum absolute atomic E-state index is 10.1. The predicted octanol–water partition coefficient (Wildman–Crippen LogP) is -3.12. The van der Waals surface area contributed by atoms with Gasteiger partial charge in [-0.25, -0.2) is 0 Å². The summed E-state index contributed by atoms with van der Waals surface area (Å²) in [5.41, 5.74) is -1.33. The molecule has 2 fully saturated rings. The molecule has 0 saturated carbocycles. The van der Waals surface area contributed by atoms with E-state index >= 15 is 0 Å². The van der Waals surface area contributed by atoms with E-state index in [0.29, 0.717) is 5.56 Å². The van der Waals surface area contributed by atoms with Crippen LogP contribution in [0.3, 0.4) is 0 Å². The molecule has 2 aliphatic rings. The number of hydrogen-bond acceptors (Lipinski definition) is 12. The molecule has 0 aliphatic carbocycles. The second-order valence-corrected chi connectivity index (χ2v) is 7.31. The van der Waals surface area contributed by atoms with Crippen LogP contribution in [-0.2, 0) is 25.4 Å². The summed E-state index contributed by atoms with van der Waals surface area (Å²) in [7, 11) is 0. The molecule has 0 aromatic heterocycles. The number of hydrogen-bond donors (Lipinski definition) is 8. The van der Waals surface area contributed by atoms with Crippen LogP contribution in [-0.4, -0.2) is 110 Å². The third kappa shape index (κ3) is 4.68. The summed E-state index contributed by atoms with van der Waals surface area (Å²) in [6, 6.07) is 4.20. The van der Waals surface area contributed by atoms with Gasteiger partial charge in [-0.15, -0.1) is 0 Å². The zero-order valence-electron chi connectivity index (χ0n) is 15.8. The molecule has 0 spiro atoms. The topological polar surface area (TPSA) is 199 Å². The second-order valence-electron chi connectivity index (χ2n) is 7.31. The van der Waals surface area contributed by atoms with Crippen molar-refractivity contribution < 1.29 is 59.8 Å². The van der Waals surface area contributed by atoms with E-state index in [-0.39, 0.29) is 24.5 Å². The number of rotatable bonds is 7. The lowest BCUT2D eigenvalue weighted by Gasteiger charge is -2.40.